The zero-order chi connectivity index (χ0) is 16.7. The fourth-order valence-electron chi connectivity index (χ4n) is 1.80. The van der Waals surface area contributed by atoms with Crippen LogP contribution in [0.25, 0.3) is 0 Å². The second kappa shape index (κ2) is 8.82. The van der Waals surface area contributed by atoms with E-state index in [1.807, 2.05) is 43.3 Å². The molecule has 0 amide bonds. The van der Waals surface area contributed by atoms with Crippen LogP contribution in [0, 0.1) is 0 Å². The molecule has 0 bridgehead atoms. The average Bonchev–Trinajstić information content (AvgIpc) is 2.52. The maximum absolute atomic E-state index is 9.70. The fraction of sp³-hybridized carbons (Fsp3) is 0.533. The van der Waals surface area contributed by atoms with E-state index < -0.39 is 31.0 Å². The standard InChI is InChI=1S/C15H24N2O5/c1-17(2)11-5-3-10(4-6-11)7-16-8-12(19)14(21)15(22)13(20)9-18/h3-7,12-15,18-22H,8-9H2,1-2H3/t12-,13+,14+,15+/m0/s1. The molecular formula is C15H24N2O5. The van der Waals surface area contributed by atoms with Crippen molar-refractivity contribution in [3.8, 4) is 0 Å². The topological polar surface area (TPSA) is 117 Å². The van der Waals surface area contributed by atoms with E-state index in [-0.39, 0.29) is 6.54 Å². The monoisotopic (exact) mass is 312 g/mol. The Kier molecular flexibility index (Phi) is 7.43. The Morgan fingerprint density at radius 2 is 1.55 bits per heavy atom. The van der Waals surface area contributed by atoms with Gasteiger partial charge >= 0.3 is 0 Å². The minimum absolute atomic E-state index is 0.133. The van der Waals surface area contributed by atoms with Crippen molar-refractivity contribution >= 4 is 11.9 Å². The highest BCUT2D eigenvalue weighted by Crippen LogP contribution is 2.11. The summed E-state index contributed by atoms with van der Waals surface area (Å²) in [5, 5.41) is 46.7. The minimum atomic E-state index is -1.63. The Bertz CT molecular complexity index is 464. The lowest BCUT2D eigenvalue weighted by Gasteiger charge is -2.24. The van der Waals surface area contributed by atoms with E-state index in [1.54, 1.807) is 6.21 Å². The van der Waals surface area contributed by atoms with Gasteiger partial charge in [0.05, 0.1) is 13.2 Å². The van der Waals surface area contributed by atoms with Gasteiger partial charge in [-0.2, -0.15) is 0 Å². The summed E-state index contributed by atoms with van der Waals surface area (Å²) in [6.45, 7) is -0.835. The summed E-state index contributed by atoms with van der Waals surface area (Å²) < 4.78 is 0. The van der Waals surface area contributed by atoms with Crippen molar-refractivity contribution in [2.75, 3.05) is 32.1 Å². The predicted molar refractivity (Wildman–Crippen MR) is 84.3 cm³/mol. The molecule has 1 aromatic rings. The number of hydrogen-bond donors (Lipinski definition) is 5. The number of aliphatic hydroxyl groups excluding tert-OH is 5. The number of nitrogens with zero attached hydrogens (tertiary/aromatic N) is 2. The molecular weight excluding hydrogens is 288 g/mol. The number of anilines is 1. The summed E-state index contributed by atoms with van der Waals surface area (Å²) in [5.74, 6) is 0. The number of aliphatic hydroxyl groups is 5. The molecule has 0 saturated heterocycles. The van der Waals surface area contributed by atoms with Gasteiger partial charge in [-0.25, -0.2) is 0 Å². The second-order valence-corrected chi connectivity index (χ2v) is 5.28. The number of aliphatic imine (C=N–C) groups is 1. The van der Waals surface area contributed by atoms with E-state index in [9.17, 15) is 20.4 Å². The maximum atomic E-state index is 9.70. The molecule has 0 aliphatic heterocycles. The lowest BCUT2D eigenvalue weighted by atomic mass is 10.0. The molecule has 7 heteroatoms. The molecule has 4 atom stereocenters. The lowest BCUT2D eigenvalue weighted by molar-refractivity contribution is -0.112. The van der Waals surface area contributed by atoms with Crippen molar-refractivity contribution in [3.05, 3.63) is 29.8 Å². The molecule has 22 heavy (non-hydrogen) atoms. The molecule has 0 radical (unpaired) electrons. The molecule has 0 fully saturated rings. The first-order valence-electron chi connectivity index (χ1n) is 6.97. The average molecular weight is 312 g/mol. The van der Waals surface area contributed by atoms with Gasteiger partial charge in [-0.3, -0.25) is 4.99 Å². The molecule has 0 aliphatic carbocycles. The van der Waals surface area contributed by atoms with Crippen molar-refractivity contribution in [2.45, 2.75) is 24.4 Å². The highest BCUT2D eigenvalue weighted by atomic mass is 16.4. The minimum Gasteiger partial charge on any atom is -0.394 e. The first-order chi connectivity index (χ1) is 10.4. The molecule has 7 nitrogen and oxygen atoms in total. The Morgan fingerprint density at radius 1 is 1.00 bits per heavy atom. The number of rotatable bonds is 8. The predicted octanol–water partition coefficient (Wildman–Crippen LogP) is -1.39. The molecule has 5 N–H and O–H groups in total. The zero-order valence-corrected chi connectivity index (χ0v) is 12.7. The van der Waals surface area contributed by atoms with E-state index in [0.29, 0.717) is 0 Å². The smallest absolute Gasteiger partial charge is 0.111 e. The largest absolute Gasteiger partial charge is 0.394 e. The van der Waals surface area contributed by atoms with Crippen molar-refractivity contribution in [2.24, 2.45) is 4.99 Å². The van der Waals surface area contributed by atoms with Gasteiger partial charge in [-0.15, -0.1) is 0 Å². The SMILES string of the molecule is CN(C)c1ccc(C=NC[C@H](O)[C@@H](O)[C@H](O)[C@H](O)CO)cc1. The summed E-state index contributed by atoms with van der Waals surface area (Å²) in [6, 6.07) is 7.58. The Labute approximate surface area is 129 Å². The fourth-order valence-corrected chi connectivity index (χ4v) is 1.80. The first-order valence-corrected chi connectivity index (χ1v) is 6.97. The van der Waals surface area contributed by atoms with Crippen LogP contribution >= 0.6 is 0 Å². The van der Waals surface area contributed by atoms with Gasteiger partial charge in [0, 0.05) is 26.0 Å². The summed E-state index contributed by atoms with van der Waals surface area (Å²) in [4.78, 5) is 5.97. The molecule has 124 valence electrons. The van der Waals surface area contributed by atoms with Crippen molar-refractivity contribution < 1.29 is 25.5 Å². The molecule has 0 unspecified atom stereocenters. The summed E-state index contributed by atoms with van der Waals surface area (Å²) in [6.07, 6.45) is -4.52. The lowest BCUT2D eigenvalue weighted by Crippen LogP contribution is -2.46. The van der Waals surface area contributed by atoms with Crippen molar-refractivity contribution in [3.63, 3.8) is 0 Å². The van der Waals surface area contributed by atoms with Gasteiger partial charge < -0.3 is 30.4 Å². The highest BCUT2D eigenvalue weighted by Gasteiger charge is 2.29. The van der Waals surface area contributed by atoms with Crippen molar-refractivity contribution in [1.29, 1.82) is 0 Å². The van der Waals surface area contributed by atoms with Crippen LogP contribution in [0.2, 0.25) is 0 Å². The second-order valence-electron chi connectivity index (χ2n) is 5.28. The van der Waals surface area contributed by atoms with Gasteiger partial charge in [0.1, 0.15) is 24.4 Å². The van der Waals surface area contributed by atoms with E-state index in [2.05, 4.69) is 4.99 Å². The molecule has 0 aliphatic rings. The first kappa shape index (κ1) is 18.5. The zero-order valence-electron chi connectivity index (χ0n) is 12.7. The number of benzene rings is 1. The van der Waals surface area contributed by atoms with Gasteiger partial charge in [-0.05, 0) is 17.7 Å². The Morgan fingerprint density at radius 3 is 2.05 bits per heavy atom. The van der Waals surface area contributed by atoms with Crippen LogP contribution in [0.5, 0.6) is 0 Å². The van der Waals surface area contributed by atoms with Crippen LogP contribution in [-0.2, 0) is 0 Å². The third kappa shape index (κ3) is 5.36. The summed E-state index contributed by atoms with van der Waals surface area (Å²) in [5.41, 5.74) is 1.89. The van der Waals surface area contributed by atoms with E-state index in [1.165, 1.54) is 0 Å². The Hall–Kier alpha value is -1.51. The van der Waals surface area contributed by atoms with E-state index in [0.717, 1.165) is 11.3 Å². The van der Waals surface area contributed by atoms with Gasteiger partial charge in [0.15, 0.2) is 0 Å². The normalized spacial score (nSPS) is 17.2. The molecule has 0 spiro atoms. The van der Waals surface area contributed by atoms with Crippen LogP contribution < -0.4 is 4.90 Å². The molecule has 1 rings (SSSR count). The third-order valence-electron chi connectivity index (χ3n) is 3.27. The van der Waals surface area contributed by atoms with Crippen LogP contribution in [0.1, 0.15) is 5.56 Å². The van der Waals surface area contributed by atoms with Crippen LogP contribution in [-0.4, -0.2) is 83.4 Å². The summed E-state index contributed by atoms with van der Waals surface area (Å²) >= 11 is 0. The molecule has 0 heterocycles. The van der Waals surface area contributed by atoms with Gasteiger partial charge in [0.25, 0.3) is 0 Å². The van der Waals surface area contributed by atoms with E-state index in [4.69, 9.17) is 5.11 Å². The van der Waals surface area contributed by atoms with Crippen LogP contribution in [0.3, 0.4) is 0 Å². The van der Waals surface area contributed by atoms with Crippen LogP contribution in [0.4, 0.5) is 5.69 Å². The molecule has 1 aromatic carbocycles. The van der Waals surface area contributed by atoms with E-state index >= 15 is 0 Å². The maximum Gasteiger partial charge on any atom is 0.111 e. The third-order valence-corrected chi connectivity index (χ3v) is 3.27. The quantitative estimate of drug-likeness (QED) is 0.377. The highest BCUT2D eigenvalue weighted by molar-refractivity contribution is 5.80. The Balaban J connectivity index is 2.53. The summed E-state index contributed by atoms with van der Waals surface area (Å²) in [7, 11) is 3.87. The van der Waals surface area contributed by atoms with Crippen molar-refractivity contribution in [1.82, 2.24) is 0 Å². The number of hydrogen-bond acceptors (Lipinski definition) is 7. The molecule has 0 saturated carbocycles. The van der Waals surface area contributed by atoms with Crippen LogP contribution in [0.15, 0.2) is 29.3 Å². The molecule has 0 aromatic heterocycles. The van der Waals surface area contributed by atoms with Gasteiger partial charge in [0.2, 0.25) is 0 Å². The van der Waals surface area contributed by atoms with Gasteiger partial charge in [-0.1, -0.05) is 12.1 Å².